The third-order valence-corrected chi connectivity index (χ3v) is 7.56. The van der Waals surface area contributed by atoms with Crippen LogP contribution in [0.3, 0.4) is 0 Å². The predicted molar refractivity (Wildman–Crippen MR) is 136 cm³/mol. The van der Waals surface area contributed by atoms with Crippen LogP contribution in [-0.2, 0) is 24.8 Å². The zero-order valence-corrected chi connectivity index (χ0v) is 20.7. The van der Waals surface area contributed by atoms with Gasteiger partial charge in [-0.25, -0.2) is 9.67 Å². The number of tetrazole rings is 1. The number of hydrogen-bond acceptors (Lipinski definition) is 6. The molecule has 1 aliphatic carbocycles. The van der Waals surface area contributed by atoms with Crippen molar-refractivity contribution in [3.05, 3.63) is 65.1 Å². The monoisotopic (exact) mass is 472 g/mol. The lowest BCUT2D eigenvalue weighted by Crippen LogP contribution is -2.29. The maximum atomic E-state index is 5.00. The molecule has 35 heavy (non-hydrogen) atoms. The molecule has 184 valence electrons. The molecule has 1 aromatic carbocycles. The Morgan fingerprint density at radius 3 is 2.69 bits per heavy atom. The third kappa shape index (κ3) is 5.41. The molecule has 0 radical (unpaired) electrons. The van der Waals surface area contributed by atoms with Gasteiger partial charge in [-0.05, 0) is 36.0 Å². The highest BCUT2D eigenvalue weighted by molar-refractivity contribution is 5.66. The van der Waals surface area contributed by atoms with Gasteiger partial charge < -0.3 is 0 Å². The number of nitrogens with one attached hydrogen (secondary N) is 1. The number of allylic oxidation sites excluding steroid dienone is 1. The second-order valence-corrected chi connectivity index (χ2v) is 10.00. The first kappa shape index (κ1) is 23.6. The van der Waals surface area contributed by atoms with Gasteiger partial charge in [-0.1, -0.05) is 74.9 Å². The number of nitrogens with zero attached hydrogens (tertiary/aromatic N) is 7. The maximum Gasteiger partial charge on any atom is 0.189 e. The smallest absolute Gasteiger partial charge is 0.189 e. The van der Waals surface area contributed by atoms with Crippen LogP contribution in [0.15, 0.2) is 41.5 Å². The van der Waals surface area contributed by atoms with E-state index in [1.165, 1.54) is 44.1 Å². The number of unbranched alkanes of at least 4 members (excludes halogenated alkanes) is 1. The lowest BCUT2D eigenvalue weighted by molar-refractivity contribution is 0.337. The van der Waals surface area contributed by atoms with Gasteiger partial charge in [-0.3, -0.25) is 4.99 Å². The van der Waals surface area contributed by atoms with Gasteiger partial charge in [0.2, 0.25) is 0 Å². The van der Waals surface area contributed by atoms with E-state index in [2.05, 4.69) is 67.6 Å². The Hall–Kier alpha value is -3.16. The number of rotatable bonds is 10. The van der Waals surface area contributed by atoms with Gasteiger partial charge in [-0.2, -0.15) is 10.3 Å². The molecular formula is C27H36N8. The minimum atomic E-state index is -0.444. The summed E-state index contributed by atoms with van der Waals surface area (Å²) in [6, 6.07) is 8.73. The molecule has 0 spiro atoms. The van der Waals surface area contributed by atoms with Crippen LogP contribution in [0.4, 0.5) is 0 Å². The van der Waals surface area contributed by atoms with Crippen LogP contribution in [-0.4, -0.2) is 41.6 Å². The lowest BCUT2D eigenvalue weighted by atomic mass is 9.76. The fourth-order valence-corrected chi connectivity index (χ4v) is 5.42. The Morgan fingerprint density at radius 2 is 1.97 bits per heavy atom. The van der Waals surface area contributed by atoms with Crippen LogP contribution < -0.4 is 0 Å². The van der Waals surface area contributed by atoms with Crippen molar-refractivity contribution in [1.82, 2.24) is 35.4 Å². The Morgan fingerprint density at radius 1 is 1.11 bits per heavy atom. The standard InChI is InChI=1S/C27H36N8/c1-2-3-19-35-25(29-24(32-35)14-11-21-7-5-4-6-8-21)20-22-9-12-23(13-10-22)27(15-17-28-18-16-27)26-30-33-34-31-26/h9-10,12-13,15,17-18,21H,2-8,11,14,16,19-20H2,1H3,(H,30,31,33,34). The summed E-state index contributed by atoms with van der Waals surface area (Å²) < 4.78 is 2.15. The van der Waals surface area contributed by atoms with E-state index in [4.69, 9.17) is 10.1 Å². The second kappa shape index (κ2) is 11.1. The fraction of sp³-hybridized carbons (Fsp3) is 0.556. The van der Waals surface area contributed by atoms with Gasteiger partial charge in [0.1, 0.15) is 5.82 Å². The maximum absolute atomic E-state index is 5.00. The minimum Gasteiger partial charge on any atom is -0.269 e. The summed E-state index contributed by atoms with van der Waals surface area (Å²) in [6.07, 6.45) is 18.7. The van der Waals surface area contributed by atoms with Crippen LogP contribution in [0, 0.1) is 5.92 Å². The predicted octanol–water partition coefficient (Wildman–Crippen LogP) is 4.97. The molecule has 5 rings (SSSR count). The quantitative estimate of drug-likeness (QED) is 0.449. The highest BCUT2D eigenvalue weighted by Crippen LogP contribution is 2.36. The fourth-order valence-electron chi connectivity index (χ4n) is 5.42. The molecule has 3 heterocycles. The van der Waals surface area contributed by atoms with Gasteiger partial charge in [0, 0.05) is 38.2 Å². The van der Waals surface area contributed by atoms with E-state index in [0.717, 1.165) is 55.4 Å². The number of aryl methyl sites for hydroxylation is 2. The van der Waals surface area contributed by atoms with E-state index in [0.29, 0.717) is 12.2 Å². The highest BCUT2D eigenvalue weighted by atomic mass is 15.5. The molecule has 0 saturated heterocycles. The van der Waals surface area contributed by atoms with Gasteiger partial charge in [0.15, 0.2) is 11.6 Å². The van der Waals surface area contributed by atoms with E-state index >= 15 is 0 Å². The van der Waals surface area contributed by atoms with Gasteiger partial charge in [0.05, 0.1) is 5.41 Å². The van der Waals surface area contributed by atoms with Crippen molar-refractivity contribution >= 4 is 6.21 Å². The summed E-state index contributed by atoms with van der Waals surface area (Å²) in [5, 5.41) is 19.9. The average molecular weight is 473 g/mol. The van der Waals surface area contributed by atoms with E-state index in [9.17, 15) is 0 Å². The second-order valence-electron chi connectivity index (χ2n) is 10.00. The average Bonchev–Trinajstić information content (AvgIpc) is 3.59. The van der Waals surface area contributed by atoms with Gasteiger partial charge in [0.25, 0.3) is 0 Å². The molecule has 1 unspecified atom stereocenters. The first-order valence-electron chi connectivity index (χ1n) is 13.2. The summed E-state index contributed by atoms with van der Waals surface area (Å²) in [5.41, 5.74) is 1.92. The summed E-state index contributed by atoms with van der Waals surface area (Å²) >= 11 is 0. The molecular weight excluding hydrogens is 436 g/mol. The molecule has 8 heteroatoms. The van der Waals surface area contributed by atoms with E-state index in [1.54, 1.807) is 0 Å². The Labute approximate surface area is 207 Å². The number of benzene rings is 1. The minimum absolute atomic E-state index is 0.444. The summed E-state index contributed by atoms with van der Waals surface area (Å²) in [5.74, 6) is 3.60. The molecule has 1 aliphatic heterocycles. The van der Waals surface area contributed by atoms with Crippen LogP contribution in [0.2, 0.25) is 0 Å². The van der Waals surface area contributed by atoms with Crippen molar-refractivity contribution in [3.63, 3.8) is 0 Å². The third-order valence-electron chi connectivity index (χ3n) is 7.56. The van der Waals surface area contributed by atoms with Crippen molar-refractivity contribution in [2.24, 2.45) is 10.9 Å². The zero-order valence-electron chi connectivity index (χ0n) is 20.7. The summed E-state index contributed by atoms with van der Waals surface area (Å²) in [7, 11) is 0. The van der Waals surface area contributed by atoms with Crippen molar-refractivity contribution in [1.29, 1.82) is 0 Å². The van der Waals surface area contributed by atoms with E-state index < -0.39 is 5.41 Å². The summed E-state index contributed by atoms with van der Waals surface area (Å²) in [4.78, 5) is 9.25. The van der Waals surface area contributed by atoms with Crippen molar-refractivity contribution in [2.75, 3.05) is 0 Å². The number of aromatic nitrogens is 7. The molecule has 8 nitrogen and oxygen atoms in total. The molecule has 0 amide bonds. The highest BCUT2D eigenvalue weighted by Gasteiger charge is 2.36. The molecule has 2 aromatic heterocycles. The van der Waals surface area contributed by atoms with Gasteiger partial charge in [-0.15, -0.1) is 10.2 Å². The Balaban J connectivity index is 1.32. The SMILES string of the molecule is CCCCn1nc(CCC2CCCCC2)nc1Cc1ccc(C2(c3nn[nH]n3)C=CN=CC2)cc1. The van der Waals surface area contributed by atoms with Crippen molar-refractivity contribution < 1.29 is 0 Å². The Bertz CT molecular complexity index is 1120. The van der Waals surface area contributed by atoms with Crippen molar-refractivity contribution in [2.45, 2.75) is 89.5 Å². The topological polar surface area (TPSA) is 97.5 Å². The first-order valence-corrected chi connectivity index (χ1v) is 13.2. The molecule has 3 aromatic rings. The number of hydrogen-bond donors (Lipinski definition) is 1. The molecule has 0 bridgehead atoms. The molecule has 1 atom stereocenters. The molecule has 2 aliphatic rings. The molecule has 1 N–H and O–H groups in total. The van der Waals surface area contributed by atoms with Crippen molar-refractivity contribution in [3.8, 4) is 0 Å². The Kier molecular flexibility index (Phi) is 7.45. The van der Waals surface area contributed by atoms with E-state index in [-0.39, 0.29) is 0 Å². The lowest BCUT2D eigenvalue weighted by Gasteiger charge is -2.28. The van der Waals surface area contributed by atoms with Crippen LogP contribution in [0.1, 0.15) is 93.3 Å². The van der Waals surface area contributed by atoms with Gasteiger partial charge >= 0.3 is 0 Å². The number of aliphatic imine (C=N–C) groups is 1. The number of H-pyrrole nitrogens is 1. The zero-order chi connectivity index (χ0) is 23.9. The molecule has 1 saturated carbocycles. The van der Waals surface area contributed by atoms with Crippen LogP contribution in [0.25, 0.3) is 0 Å². The van der Waals surface area contributed by atoms with Crippen LogP contribution >= 0.6 is 0 Å². The molecule has 1 fully saturated rings. The van der Waals surface area contributed by atoms with E-state index in [1.807, 2.05) is 12.4 Å². The summed E-state index contributed by atoms with van der Waals surface area (Å²) in [6.45, 7) is 3.16. The largest absolute Gasteiger partial charge is 0.269 e. The first-order chi connectivity index (χ1) is 17.3. The normalized spacial score (nSPS) is 20.5. The van der Waals surface area contributed by atoms with Crippen LogP contribution in [0.5, 0.6) is 0 Å². The number of aromatic amines is 1.